The van der Waals surface area contributed by atoms with E-state index in [9.17, 15) is 18.4 Å². The lowest BCUT2D eigenvalue weighted by Crippen LogP contribution is -2.16. The molecule has 10 heteroatoms. The van der Waals surface area contributed by atoms with Crippen LogP contribution in [0, 0.1) is 11.6 Å². The highest BCUT2D eigenvalue weighted by molar-refractivity contribution is 7.14. The fourth-order valence-corrected chi connectivity index (χ4v) is 3.56. The van der Waals surface area contributed by atoms with Gasteiger partial charge in [-0.25, -0.2) is 23.2 Å². The molecule has 0 aliphatic carbocycles. The Morgan fingerprint density at radius 1 is 1.06 bits per heavy atom. The molecule has 1 amide bonds. The second-order valence-electron chi connectivity index (χ2n) is 6.24. The zero-order valence-electron chi connectivity index (χ0n) is 16.0. The molecule has 0 radical (unpaired) electrons. The number of thiazole rings is 1. The Bertz CT molecular complexity index is 1250. The van der Waals surface area contributed by atoms with Crippen LogP contribution in [0.25, 0.3) is 16.9 Å². The Labute approximate surface area is 178 Å². The third-order valence-corrected chi connectivity index (χ3v) is 5.04. The first-order valence-electron chi connectivity index (χ1n) is 8.93. The van der Waals surface area contributed by atoms with Gasteiger partial charge in [-0.2, -0.15) is 5.10 Å². The average Bonchev–Trinajstić information content (AvgIpc) is 3.41. The van der Waals surface area contributed by atoms with E-state index in [0.717, 1.165) is 23.5 Å². The van der Waals surface area contributed by atoms with Crippen LogP contribution in [0.2, 0.25) is 0 Å². The summed E-state index contributed by atoms with van der Waals surface area (Å²) in [4.78, 5) is 28.9. The van der Waals surface area contributed by atoms with Gasteiger partial charge in [0, 0.05) is 11.4 Å². The lowest BCUT2D eigenvalue weighted by Gasteiger charge is -2.06. The summed E-state index contributed by atoms with van der Waals surface area (Å²) >= 11 is 1.01. The Kier molecular flexibility index (Phi) is 5.54. The highest BCUT2D eigenvalue weighted by Gasteiger charge is 2.22. The molecular weight excluding hydrogens is 426 g/mol. The summed E-state index contributed by atoms with van der Waals surface area (Å²) in [6.45, 7) is 0. The van der Waals surface area contributed by atoms with E-state index in [1.165, 1.54) is 29.3 Å². The molecule has 1 N–H and O–H groups in total. The van der Waals surface area contributed by atoms with Crippen molar-refractivity contribution in [3.63, 3.8) is 0 Å². The summed E-state index contributed by atoms with van der Waals surface area (Å²) in [5, 5.41) is 8.30. The van der Waals surface area contributed by atoms with Crippen molar-refractivity contribution in [2.45, 2.75) is 0 Å². The Morgan fingerprint density at radius 2 is 1.77 bits per heavy atom. The predicted octanol–water partition coefficient (Wildman–Crippen LogP) is 4.31. The van der Waals surface area contributed by atoms with Crippen LogP contribution in [-0.4, -0.2) is 33.8 Å². The molecule has 0 aliphatic rings. The number of para-hydroxylation sites is 1. The first-order valence-corrected chi connectivity index (χ1v) is 9.81. The van der Waals surface area contributed by atoms with Crippen molar-refractivity contribution in [1.82, 2.24) is 14.8 Å². The van der Waals surface area contributed by atoms with Crippen LogP contribution in [-0.2, 0) is 4.74 Å². The van der Waals surface area contributed by atoms with Crippen molar-refractivity contribution >= 4 is 28.3 Å². The number of hydrogen-bond donors (Lipinski definition) is 1. The molecule has 2 aromatic heterocycles. The van der Waals surface area contributed by atoms with Crippen LogP contribution in [0.3, 0.4) is 0 Å². The molecule has 4 aromatic rings. The minimum Gasteiger partial charge on any atom is -0.464 e. The van der Waals surface area contributed by atoms with Gasteiger partial charge in [-0.3, -0.25) is 10.1 Å². The number of amides is 1. The number of nitrogens with zero attached hydrogens (tertiary/aromatic N) is 3. The number of aromatic nitrogens is 3. The van der Waals surface area contributed by atoms with Gasteiger partial charge in [-0.05, 0) is 24.3 Å². The van der Waals surface area contributed by atoms with Crippen LogP contribution >= 0.6 is 11.3 Å². The number of anilines is 1. The molecule has 2 heterocycles. The predicted molar refractivity (Wildman–Crippen MR) is 110 cm³/mol. The Hall–Kier alpha value is -3.92. The molecular formula is C21H14F2N4O3S. The summed E-state index contributed by atoms with van der Waals surface area (Å²) in [5.74, 6) is -2.82. The molecule has 0 unspecified atom stereocenters. The van der Waals surface area contributed by atoms with Gasteiger partial charge in [-0.1, -0.05) is 24.3 Å². The topological polar surface area (TPSA) is 86.1 Å². The lowest BCUT2D eigenvalue weighted by molar-refractivity contribution is 0.0593. The van der Waals surface area contributed by atoms with Crippen LogP contribution in [0.15, 0.2) is 60.0 Å². The number of carbonyl (C=O) groups excluding carboxylic acids is 2. The zero-order valence-corrected chi connectivity index (χ0v) is 16.8. The maximum Gasteiger partial charge on any atom is 0.358 e. The van der Waals surface area contributed by atoms with Crippen LogP contribution in [0.4, 0.5) is 13.9 Å². The molecule has 0 spiro atoms. The number of esters is 1. The summed E-state index contributed by atoms with van der Waals surface area (Å²) in [6.07, 6.45) is 0. The van der Waals surface area contributed by atoms with E-state index in [1.54, 1.807) is 30.3 Å². The minimum atomic E-state index is -0.756. The SMILES string of the molecule is COC(=O)c1cc(C(=O)Nc2nc(-c3c(F)cccc3F)cs2)n(-c2ccccc2)n1. The molecule has 156 valence electrons. The van der Waals surface area contributed by atoms with E-state index in [4.69, 9.17) is 0 Å². The van der Waals surface area contributed by atoms with Crippen molar-refractivity contribution in [1.29, 1.82) is 0 Å². The van der Waals surface area contributed by atoms with Crippen LogP contribution in [0.5, 0.6) is 0 Å². The van der Waals surface area contributed by atoms with Gasteiger partial charge in [0.1, 0.15) is 17.3 Å². The van der Waals surface area contributed by atoms with Crippen LogP contribution < -0.4 is 5.32 Å². The fourth-order valence-electron chi connectivity index (χ4n) is 2.86. The van der Waals surface area contributed by atoms with Gasteiger partial charge in [0.2, 0.25) is 0 Å². The molecule has 0 bridgehead atoms. The smallest absolute Gasteiger partial charge is 0.358 e. The summed E-state index contributed by atoms with van der Waals surface area (Å²) in [5.41, 5.74) is 0.338. The van der Waals surface area contributed by atoms with E-state index < -0.39 is 23.5 Å². The first-order chi connectivity index (χ1) is 15.0. The molecule has 4 rings (SSSR count). The molecule has 7 nitrogen and oxygen atoms in total. The third kappa shape index (κ3) is 4.05. The largest absolute Gasteiger partial charge is 0.464 e. The number of benzene rings is 2. The van der Waals surface area contributed by atoms with E-state index in [-0.39, 0.29) is 27.8 Å². The number of rotatable bonds is 5. The molecule has 2 aromatic carbocycles. The number of nitrogens with one attached hydrogen (secondary N) is 1. The van der Waals surface area contributed by atoms with E-state index >= 15 is 0 Å². The molecule has 0 aliphatic heterocycles. The first kappa shape index (κ1) is 20.4. The molecule has 0 atom stereocenters. The van der Waals surface area contributed by atoms with Gasteiger partial charge in [-0.15, -0.1) is 11.3 Å². The van der Waals surface area contributed by atoms with Crippen molar-refractivity contribution in [3.05, 3.63) is 83.0 Å². The van der Waals surface area contributed by atoms with Crippen molar-refractivity contribution in [2.75, 3.05) is 12.4 Å². The highest BCUT2D eigenvalue weighted by atomic mass is 32.1. The molecule has 0 saturated carbocycles. The lowest BCUT2D eigenvalue weighted by atomic mass is 10.1. The maximum atomic E-state index is 14.0. The van der Waals surface area contributed by atoms with E-state index in [1.807, 2.05) is 0 Å². The average molecular weight is 440 g/mol. The van der Waals surface area contributed by atoms with Crippen molar-refractivity contribution in [3.8, 4) is 16.9 Å². The van der Waals surface area contributed by atoms with Crippen LogP contribution in [0.1, 0.15) is 21.0 Å². The normalized spacial score (nSPS) is 10.7. The van der Waals surface area contributed by atoms with E-state index in [0.29, 0.717) is 5.69 Å². The number of ether oxygens (including phenoxy) is 1. The van der Waals surface area contributed by atoms with E-state index in [2.05, 4.69) is 20.1 Å². The van der Waals surface area contributed by atoms with Gasteiger partial charge in [0.05, 0.1) is 24.1 Å². The minimum absolute atomic E-state index is 0.0511. The van der Waals surface area contributed by atoms with Gasteiger partial charge >= 0.3 is 5.97 Å². The molecule has 31 heavy (non-hydrogen) atoms. The fraction of sp³-hybridized carbons (Fsp3) is 0.0476. The quantitative estimate of drug-likeness (QED) is 0.468. The number of hydrogen-bond acceptors (Lipinski definition) is 6. The Morgan fingerprint density at radius 3 is 2.45 bits per heavy atom. The summed E-state index contributed by atoms with van der Waals surface area (Å²) in [7, 11) is 1.21. The van der Waals surface area contributed by atoms with Gasteiger partial charge in [0.25, 0.3) is 5.91 Å². The van der Waals surface area contributed by atoms with Crippen molar-refractivity contribution < 1.29 is 23.1 Å². The second kappa shape index (κ2) is 8.44. The van der Waals surface area contributed by atoms with Gasteiger partial charge in [0.15, 0.2) is 10.8 Å². The monoisotopic (exact) mass is 440 g/mol. The number of carbonyl (C=O) groups is 2. The van der Waals surface area contributed by atoms with Gasteiger partial charge < -0.3 is 4.74 Å². The second-order valence-corrected chi connectivity index (χ2v) is 7.10. The maximum absolute atomic E-state index is 14.0. The summed E-state index contributed by atoms with van der Waals surface area (Å²) < 4.78 is 34.0. The zero-order chi connectivity index (χ0) is 22.0. The summed E-state index contributed by atoms with van der Waals surface area (Å²) in [6, 6.07) is 13.5. The third-order valence-electron chi connectivity index (χ3n) is 4.28. The Balaban J connectivity index is 1.66. The molecule has 0 saturated heterocycles. The number of methoxy groups -OCH3 is 1. The highest BCUT2D eigenvalue weighted by Crippen LogP contribution is 2.29. The van der Waals surface area contributed by atoms with Crippen molar-refractivity contribution in [2.24, 2.45) is 0 Å². The standard InChI is InChI=1S/C21H14F2N4O3S/c1-30-20(29)15-10-17(27(26-15)12-6-3-2-4-7-12)19(28)25-21-24-16(11-31-21)18-13(22)8-5-9-14(18)23/h2-11H,1H3,(H,24,25,28). The molecule has 0 fully saturated rings. The number of halogens is 2.